The van der Waals surface area contributed by atoms with Gasteiger partial charge in [-0.2, -0.15) is 0 Å². The molecule has 1 aromatic heterocycles. The molecular weight excluding hydrogens is 262 g/mol. The smallest absolute Gasteiger partial charge is 0.326 e. The number of rotatable bonds is 6. The minimum atomic E-state index is -1.04. The van der Waals surface area contributed by atoms with Gasteiger partial charge in [0.1, 0.15) is 6.04 Å². The monoisotopic (exact) mass is 281 g/mol. The normalized spacial score (nSPS) is 18.1. The first kappa shape index (κ1) is 14.4. The minimum Gasteiger partial charge on any atom is -0.480 e. The molecule has 1 aliphatic rings. The molecule has 0 saturated carbocycles. The number of hydrogen-bond donors (Lipinski definition) is 3. The Hall–Kier alpha value is -1.96. The fourth-order valence-corrected chi connectivity index (χ4v) is 1.92. The van der Waals surface area contributed by atoms with E-state index >= 15 is 0 Å². The summed E-state index contributed by atoms with van der Waals surface area (Å²) in [7, 11) is 0. The van der Waals surface area contributed by atoms with Gasteiger partial charge in [0.2, 0.25) is 0 Å². The van der Waals surface area contributed by atoms with Crippen molar-refractivity contribution in [3.05, 3.63) is 11.9 Å². The van der Waals surface area contributed by atoms with Crippen molar-refractivity contribution in [3.8, 4) is 0 Å². The standard InChI is InChI=1S/C12H19N5O3/c1-3-7(2)10(12(19)20)14-11(18)9-6-17(16-15-9)8-4-13-5-8/h6-8,10,13H,3-5H2,1-2H3,(H,14,18)(H,19,20)/t7?,10-/m0/s1. The fourth-order valence-electron chi connectivity index (χ4n) is 1.92. The van der Waals surface area contributed by atoms with Gasteiger partial charge in [-0.1, -0.05) is 25.5 Å². The first-order valence-electron chi connectivity index (χ1n) is 6.69. The molecule has 0 spiro atoms. The average Bonchev–Trinajstić information content (AvgIpc) is 2.81. The highest BCUT2D eigenvalue weighted by atomic mass is 16.4. The molecule has 1 amide bonds. The van der Waals surface area contributed by atoms with Crippen LogP contribution in [0.25, 0.3) is 0 Å². The summed E-state index contributed by atoms with van der Waals surface area (Å²) in [6, 6.07) is -0.697. The van der Waals surface area contributed by atoms with E-state index in [-0.39, 0.29) is 17.7 Å². The molecule has 1 aliphatic heterocycles. The van der Waals surface area contributed by atoms with Crippen molar-refractivity contribution in [2.75, 3.05) is 13.1 Å². The van der Waals surface area contributed by atoms with Crippen LogP contribution in [0.3, 0.4) is 0 Å². The van der Waals surface area contributed by atoms with E-state index in [9.17, 15) is 9.59 Å². The number of nitrogens with zero attached hydrogens (tertiary/aromatic N) is 3. The highest BCUT2D eigenvalue weighted by Gasteiger charge is 2.27. The SMILES string of the molecule is CCC(C)[C@H](NC(=O)c1cn(C2CNC2)nn1)C(=O)O. The fraction of sp³-hybridized carbons (Fsp3) is 0.667. The third-order valence-electron chi connectivity index (χ3n) is 3.64. The van der Waals surface area contributed by atoms with E-state index in [1.54, 1.807) is 17.8 Å². The molecule has 1 unspecified atom stereocenters. The molecule has 3 N–H and O–H groups in total. The Bertz CT molecular complexity index is 497. The van der Waals surface area contributed by atoms with Gasteiger partial charge in [-0.25, -0.2) is 9.48 Å². The first-order valence-corrected chi connectivity index (χ1v) is 6.69. The lowest BCUT2D eigenvalue weighted by Crippen LogP contribution is -2.45. The van der Waals surface area contributed by atoms with Crippen LogP contribution in [-0.4, -0.2) is 51.1 Å². The van der Waals surface area contributed by atoms with Crippen LogP contribution in [0.2, 0.25) is 0 Å². The highest BCUT2D eigenvalue weighted by Crippen LogP contribution is 2.11. The number of carboxylic acids is 1. The molecule has 8 heteroatoms. The van der Waals surface area contributed by atoms with Crippen LogP contribution in [-0.2, 0) is 4.79 Å². The molecule has 0 bridgehead atoms. The maximum atomic E-state index is 12.0. The zero-order valence-electron chi connectivity index (χ0n) is 11.5. The molecule has 8 nitrogen and oxygen atoms in total. The van der Waals surface area contributed by atoms with Crippen LogP contribution in [0.1, 0.15) is 36.8 Å². The Morgan fingerprint density at radius 2 is 2.30 bits per heavy atom. The topological polar surface area (TPSA) is 109 Å². The average molecular weight is 281 g/mol. The number of nitrogens with one attached hydrogen (secondary N) is 2. The molecule has 2 atom stereocenters. The predicted octanol–water partition coefficient (Wildman–Crippen LogP) is -0.348. The number of aromatic nitrogens is 3. The Morgan fingerprint density at radius 3 is 2.80 bits per heavy atom. The second-order valence-corrected chi connectivity index (χ2v) is 5.07. The van der Waals surface area contributed by atoms with Crippen LogP contribution in [0.4, 0.5) is 0 Å². The highest BCUT2D eigenvalue weighted by molar-refractivity contribution is 5.94. The van der Waals surface area contributed by atoms with Crippen molar-refractivity contribution in [1.29, 1.82) is 0 Å². The maximum Gasteiger partial charge on any atom is 0.326 e. The Balaban J connectivity index is 2.02. The molecule has 110 valence electrons. The van der Waals surface area contributed by atoms with Crippen LogP contribution in [0.15, 0.2) is 6.20 Å². The van der Waals surface area contributed by atoms with Crippen molar-refractivity contribution < 1.29 is 14.7 Å². The Labute approximate surface area is 116 Å². The first-order chi connectivity index (χ1) is 9.52. The summed E-state index contributed by atoms with van der Waals surface area (Å²) in [6.45, 7) is 5.27. The zero-order valence-corrected chi connectivity index (χ0v) is 11.5. The lowest BCUT2D eigenvalue weighted by atomic mass is 9.99. The minimum absolute atomic E-state index is 0.145. The van der Waals surface area contributed by atoms with Crippen LogP contribution < -0.4 is 10.6 Å². The lowest BCUT2D eigenvalue weighted by molar-refractivity contribution is -0.140. The summed E-state index contributed by atoms with van der Waals surface area (Å²) in [5.74, 6) is -1.69. The van der Waals surface area contributed by atoms with Gasteiger partial charge >= 0.3 is 5.97 Å². The van der Waals surface area contributed by atoms with Gasteiger partial charge in [0, 0.05) is 13.1 Å². The molecule has 20 heavy (non-hydrogen) atoms. The van der Waals surface area contributed by atoms with Crippen LogP contribution in [0.5, 0.6) is 0 Å². The van der Waals surface area contributed by atoms with Crippen molar-refractivity contribution in [2.45, 2.75) is 32.4 Å². The quantitative estimate of drug-likeness (QED) is 0.657. The summed E-state index contributed by atoms with van der Waals surface area (Å²) in [5.41, 5.74) is 0.145. The number of carboxylic acid groups (broad SMARTS) is 1. The van der Waals surface area contributed by atoms with Gasteiger partial charge in [0.05, 0.1) is 12.2 Å². The van der Waals surface area contributed by atoms with E-state index in [0.29, 0.717) is 6.42 Å². The van der Waals surface area contributed by atoms with Crippen LogP contribution in [0, 0.1) is 5.92 Å². The predicted molar refractivity (Wildman–Crippen MR) is 70.3 cm³/mol. The summed E-state index contributed by atoms with van der Waals surface area (Å²) in [6.07, 6.45) is 2.22. The van der Waals surface area contributed by atoms with Crippen molar-refractivity contribution in [1.82, 2.24) is 25.6 Å². The molecule has 0 aromatic carbocycles. The molecular formula is C12H19N5O3. The van der Waals surface area contributed by atoms with Crippen molar-refractivity contribution in [2.24, 2.45) is 5.92 Å². The third kappa shape index (κ3) is 2.96. The van der Waals surface area contributed by atoms with Crippen molar-refractivity contribution in [3.63, 3.8) is 0 Å². The largest absolute Gasteiger partial charge is 0.480 e. The summed E-state index contributed by atoms with van der Waals surface area (Å²) >= 11 is 0. The lowest BCUT2D eigenvalue weighted by Gasteiger charge is -2.26. The van der Waals surface area contributed by atoms with Crippen molar-refractivity contribution >= 4 is 11.9 Å². The molecule has 0 radical (unpaired) electrons. The number of amides is 1. The Morgan fingerprint density at radius 1 is 1.60 bits per heavy atom. The molecule has 0 aliphatic carbocycles. The third-order valence-corrected chi connectivity index (χ3v) is 3.64. The van der Waals surface area contributed by atoms with E-state index in [4.69, 9.17) is 5.11 Å². The molecule has 2 heterocycles. The van der Waals surface area contributed by atoms with E-state index in [1.807, 2.05) is 6.92 Å². The maximum absolute atomic E-state index is 12.0. The van der Waals surface area contributed by atoms with Gasteiger partial charge in [0.15, 0.2) is 5.69 Å². The summed E-state index contributed by atoms with van der Waals surface area (Å²) in [5, 5.41) is 22.4. The number of carbonyl (C=O) groups is 2. The van der Waals surface area contributed by atoms with E-state index < -0.39 is 17.9 Å². The number of hydrogen-bond acceptors (Lipinski definition) is 5. The van der Waals surface area contributed by atoms with Gasteiger partial charge in [-0.15, -0.1) is 5.10 Å². The summed E-state index contributed by atoms with van der Waals surface area (Å²) < 4.78 is 1.63. The second-order valence-electron chi connectivity index (χ2n) is 5.07. The number of aliphatic carboxylic acids is 1. The van der Waals surface area contributed by atoms with E-state index in [0.717, 1.165) is 13.1 Å². The van der Waals surface area contributed by atoms with Crippen LogP contribution >= 0.6 is 0 Å². The van der Waals surface area contributed by atoms with Gasteiger partial charge in [-0.05, 0) is 5.92 Å². The van der Waals surface area contributed by atoms with E-state index in [2.05, 4.69) is 20.9 Å². The van der Waals surface area contributed by atoms with Gasteiger partial charge in [-0.3, -0.25) is 4.79 Å². The summed E-state index contributed by atoms with van der Waals surface area (Å²) in [4.78, 5) is 23.2. The van der Waals surface area contributed by atoms with Gasteiger partial charge in [0.25, 0.3) is 5.91 Å². The van der Waals surface area contributed by atoms with E-state index in [1.165, 1.54) is 0 Å². The Kier molecular flexibility index (Phi) is 4.33. The van der Waals surface area contributed by atoms with Gasteiger partial charge < -0.3 is 15.7 Å². The molecule has 2 rings (SSSR count). The molecule has 1 aromatic rings. The molecule has 1 fully saturated rings. The number of carbonyl (C=O) groups excluding carboxylic acids is 1. The second kappa shape index (κ2) is 6.00. The zero-order chi connectivity index (χ0) is 14.7. The molecule has 1 saturated heterocycles.